The molecule has 0 unspecified atom stereocenters. The average Bonchev–Trinajstić information content (AvgIpc) is 2.83. The van der Waals surface area contributed by atoms with E-state index in [9.17, 15) is 0 Å². The van der Waals surface area contributed by atoms with Crippen LogP contribution in [0.2, 0.25) is 0 Å². The monoisotopic (exact) mass is 259 g/mol. The first-order valence-corrected chi connectivity index (χ1v) is 6.70. The van der Waals surface area contributed by atoms with Gasteiger partial charge in [-0.25, -0.2) is 4.98 Å². The van der Waals surface area contributed by atoms with Crippen LogP contribution in [0.25, 0.3) is 0 Å². The van der Waals surface area contributed by atoms with E-state index in [0.717, 1.165) is 37.4 Å². The fourth-order valence-electron chi connectivity index (χ4n) is 1.87. The van der Waals surface area contributed by atoms with Gasteiger partial charge in [0.25, 0.3) is 0 Å². The normalized spacial score (nSPS) is 10.4. The predicted molar refractivity (Wildman–Crippen MR) is 78.4 cm³/mol. The second-order valence-corrected chi connectivity index (χ2v) is 4.48. The molecule has 2 aromatic rings. The smallest absolute Gasteiger partial charge is 0.127 e. The highest BCUT2D eigenvalue weighted by Crippen LogP contribution is 2.12. The fourth-order valence-corrected chi connectivity index (χ4v) is 1.87. The van der Waals surface area contributed by atoms with Crippen molar-refractivity contribution in [3.05, 3.63) is 36.3 Å². The molecule has 19 heavy (non-hydrogen) atoms. The zero-order valence-electron chi connectivity index (χ0n) is 11.6. The third kappa shape index (κ3) is 3.98. The first-order chi connectivity index (χ1) is 9.29. The Kier molecular flexibility index (Phi) is 4.78. The molecule has 0 aliphatic rings. The molecule has 0 aliphatic heterocycles. The Morgan fingerprint density at radius 1 is 1.16 bits per heavy atom. The summed E-state index contributed by atoms with van der Waals surface area (Å²) in [7, 11) is 1.97. The van der Waals surface area contributed by atoms with Crippen molar-refractivity contribution in [3.8, 4) is 0 Å². The van der Waals surface area contributed by atoms with E-state index in [1.165, 1.54) is 5.69 Å². The van der Waals surface area contributed by atoms with Gasteiger partial charge in [-0.15, -0.1) is 0 Å². The highest BCUT2D eigenvalue weighted by atomic mass is 15.3. The lowest BCUT2D eigenvalue weighted by atomic mass is 10.3. The number of hydrogen-bond donors (Lipinski definition) is 2. The van der Waals surface area contributed by atoms with E-state index in [1.807, 2.05) is 42.3 Å². The summed E-state index contributed by atoms with van der Waals surface area (Å²) in [6.07, 6.45) is 5.70. The molecule has 0 bridgehead atoms. The van der Waals surface area contributed by atoms with Crippen LogP contribution in [0, 0.1) is 0 Å². The molecule has 0 aliphatic carbocycles. The van der Waals surface area contributed by atoms with Gasteiger partial charge in [-0.3, -0.25) is 4.68 Å². The summed E-state index contributed by atoms with van der Waals surface area (Å²) in [5.41, 5.74) is 2.32. The molecule has 0 radical (unpaired) electrons. The van der Waals surface area contributed by atoms with Gasteiger partial charge in [0.05, 0.1) is 0 Å². The van der Waals surface area contributed by atoms with Crippen LogP contribution < -0.4 is 10.6 Å². The van der Waals surface area contributed by atoms with Crippen molar-refractivity contribution < 1.29 is 0 Å². The lowest BCUT2D eigenvalue weighted by molar-refractivity contribution is 0.711. The van der Waals surface area contributed by atoms with Gasteiger partial charge in [-0.1, -0.05) is 6.92 Å². The van der Waals surface area contributed by atoms with Gasteiger partial charge in [0, 0.05) is 56.4 Å². The Balaban J connectivity index is 1.84. The lowest BCUT2D eigenvalue weighted by Crippen LogP contribution is -2.09. The first-order valence-electron chi connectivity index (χ1n) is 6.70. The maximum atomic E-state index is 4.28. The molecule has 2 aromatic heterocycles. The van der Waals surface area contributed by atoms with E-state index >= 15 is 0 Å². The number of aromatic nitrogens is 3. The molecule has 0 aromatic carbocycles. The second-order valence-electron chi connectivity index (χ2n) is 4.48. The van der Waals surface area contributed by atoms with Gasteiger partial charge >= 0.3 is 0 Å². The van der Waals surface area contributed by atoms with Crippen molar-refractivity contribution in [2.75, 3.05) is 23.7 Å². The molecule has 0 saturated carbocycles. The highest BCUT2D eigenvalue weighted by Gasteiger charge is 1.99. The number of nitrogens with one attached hydrogen (secondary N) is 2. The molecule has 5 heteroatoms. The van der Waals surface area contributed by atoms with Gasteiger partial charge in [-0.2, -0.15) is 5.10 Å². The van der Waals surface area contributed by atoms with Gasteiger partial charge in [-0.05, 0) is 18.6 Å². The quantitative estimate of drug-likeness (QED) is 0.801. The van der Waals surface area contributed by atoms with Crippen LogP contribution in [0.1, 0.15) is 19.0 Å². The minimum Gasteiger partial charge on any atom is -0.385 e. The Labute approximate surface area is 114 Å². The number of anilines is 2. The summed E-state index contributed by atoms with van der Waals surface area (Å²) in [5, 5.41) is 10.8. The second kappa shape index (κ2) is 6.78. The summed E-state index contributed by atoms with van der Waals surface area (Å²) in [4.78, 5) is 4.28. The Morgan fingerprint density at radius 3 is 2.79 bits per heavy atom. The maximum Gasteiger partial charge on any atom is 0.127 e. The van der Waals surface area contributed by atoms with Crippen molar-refractivity contribution >= 4 is 11.5 Å². The SMILES string of the molecule is CCCNc1cc(NCCc2ccnn2C)ccn1. The van der Waals surface area contributed by atoms with Crippen LogP contribution in [0.3, 0.4) is 0 Å². The van der Waals surface area contributed by atoms with Crippen LogP contribution >= 0.6 is 0 Å². The molecule has 5 nitrogen and oxygen atoms in total. The maximum absolute atomic E-state index is 4.28. The van der Waals surface area contributed by atoms with Crippen LogP contribution in [0.15, 0.2) is 30.6 Å². The summed E-state index contributed by atoms with van der Waals surface area (Å²) in [5.74, 6) is 0.924. The number of hydrogen-bond acceptors (Lipinski definition) is 4. The molecule has 0 amide bonds. The van der Waals surface area contributed by atoms with Gasteiger partial charge in [0.15, 0.2) is 0 Å². The summed E-state index contributed by atoms with van der Waals surface area (Å²) < 4.78 is 1.91. The molecular formula is C14H21N5. The van der Waals surface area contributed by atoms with E-state index in [4.69, 9.17) is 0 Å². The van der Waals surface area contributed by atoms with Gasteiger partial charge in [0.1, 0.15) is 5.82 Å². The zero-order chi connectivity index (χ0) is 13.5. The molecule has 0 atom stereocenters. The van der Waals surface area contributed by atoms with Crippen molar-refractivity contribution in [2.45, 2.75) is 19.8 Å². The van der Waals surface area contributed by atoms with E-state index in [-0.39, 0.29) is 0 Å². The van der Waals surface area contributed by atoms with Crippen molar-refractivity contribution in [1.82, 2.24) is 14.8 Å². The minimum absolute atomic E-state index is 0.886. The molecular weight excluding hydrogens is 238 g/mol. The Bertz CT molecular complexity index is 506. The van der Waals surface area contributed by atoms with Crippen molar-refractivity contribution in [3.63, 3.8) is 0 Å². The van der Waals surface area contributed by atoms with Crippen LogP contribution in [0.5, 0.6) is 0 Å². The Hall–Kier alpha value is -2.04. The molecule has 2 heterocycles. The summed E-state index contributed by atoms with van der Waals surface area (Å²) in [6.45, 7) is 3.98. The van der Waals surface area contributed by atoms with E-state index < -0.39 is 0 Å². The molecule has 2 rings (SSSR count). The zero-order valence-corrected chi connectivity index (χ0v) is 11.6. The number of aryl methyl sites for hydroxylation is 1. The standard InChI is InChI=1S/C14H21N5/c1-3-7-16-14-11-12(4-8-17-14)15-9-5-13-6-10-18-19(13)2/h4,6,8,10-11H,3,5,7,9H2,1-2H3,(H2,15,16,17). The Morgan fingerprint density at radius 2 is 2.05 bits per heavy atom. The van der Waals surface area contributed by atoms with E-state index in [2.05, 4.69) is 27.6 Å². The fraction of sp³-hybridized carbons (Fsp3) is 0.429. The van der Waals surface area contributed by atoms with Crippen LogP contribution in [0.4, 0.5) is 11.5 Å². The molecule has 0 saturated heterocycles. The third-order valence-corrected chi connectivity index (χ3v) is 2.95. The topological polar surface area (TPSA) is 54.8 Å². The first kappa shape index (κ1) is 13.4. The molecule has 0 spiro atoms. The summed E-state index contributed by atoms with van der Waals surface area (Å²) in [6, 6.07) is 6.07. The summed E-state index contributed by atoms with van der Waals surface area (Å²) >= 11 is 0. The molecule has 0 fully saturated rings. The highest BCUT2D eigenvalue weighted by molar-refractivity contribution is 5.51. The molecule has 102 valence electrons. The van der Waals surface area contributed by atoms with E-state index in [1.54, 1.807) is 0 Å². The van der Waals surface area contributed by atoms with Crippen LogP contribution in [-0.2, 0) is 13.5 Å². The predicted octanol–water partition coefficient (Wildman–Crippen LogP) is 2.29. The van der Waals surface area contributed by atoms with Crippen molar-refractivity contribution in [2.24, 2.45) is 7.05 Å². The third-order valence-electron chi connectivity index (χ3n) is 2.95. The molecule has 2 N–H and O–H groups in total. The largest absolute Gasteiger partial charge is 0.385 e. The average molecular weight is 259 g/mol. The van der Waals surface area contributed by atoms with E-state index in [0.29, 0.717) is 0 Å². The van der Waals surface area contributed by atoms with Gasteiger partial charge < -0.3 is 10.6 Å². The number of pyridine rings is 1. The number of nitrogens with zero attached hydrogens (tertiary/aromatic N) is 3. The number of rotatable bonds is 7. The lowest BCUT2D eigenvalue weighted by Gasteiger charge is -2.09. The minimum atomic E-state index is 0.886. The van der Waals surface area contributed by atoms with Crippen LogP contribution in [-0.4, -0.2) is 27.9 Å². The van der Waals surface area contributed by atoms with Gasteiger partial charge in [0.2, 0.25) is 0 Å². The van der Waals surface area contributed by atoms with Crippen molar-refractivity contribution in [1.29, 1.82) is 0 Å².